The first kappa shape index (κ1) is 97.7. The van der Waals surface area contributed by atoms with Gasteiger partial charge in [0.2, 0.25) is 17.1 Å². The minimum atomic E-state index is -0.125. The summed E-state index contributed by atoms with van der Waals surface area (Å²) in [7, 11) is 0. The van der Waals surface area contributed by atoms with Crippen LogP contribution in [0.25, 0.3) is 134 Å². The molecule has 15 heteroatoms. The Balaban J connectivity index is 0.000000222. The molecule has 0 fully saturated rings. The third-order valence-corrected chi connectivity index (χ3v) is 19.4. The maximum absolute atomic E-state index is 10.0. The molecule has 3 radical (unpaired) electrons. The number of allylic oxidation sites excluding steroid dienone is 6. The average Bonchev–Trinajstić information content (AvgIpc) is 1.60. The molecule has 9 aromatic carbocycles. The fraction of sp³-hybridized carbons (Fsp3) is 0.215. The summed E-state index contributed by atoms with van der Waals surface area (Å²) in [6.45, 7) is 35.4. The molecule has 0 aliphatic heterocycles. The Hall–Kier alpha value is -11.4. The minimum Gasteiger partial charge on any atom is -0.512 e. The van der Waals surface area contributed by atoms with Crippen molar-refractivity contribution < 1.29 is 103 Å². The minimum absolute atomic E-state index is 0. The maximum atomic E-state index is 10.0. The number of pyridine rings is 3. The molecule has 12 nitrogen and oxygen atoms in total. The van der Waals surface area contributed by atoms with Gasteiger partial charge in [-0.2, -0.15) is 0 Å². The first-order valence-electron chi connectivity index (χ1n) is 40.1. The molecule has 0 aliphatic rings. The standard InChI is InChI=1S/C33H32NO.C31H28NO.C28H22NO.3C5H8O2.3Ir/c1-32(2,3)27-18-26(19-28(21-27)33(4,5)6)30-20-25-15-16-29(34-31(25)35-30)24-14-10-13-23(17-24)22-11-8-7-9-12-22;1-20(2)26-14-9-15-27(21(3)4)30(26)29-19-25-16-17-28(32-31(25)33-29)24-13-8-12-23(18-24)22-10-6-5-7-11-22;1-19(2)20-11-13-22(14-12-20)27-18-25-15-16-26(29-28(25)30-27)24-10-6-9-23(17-24)21-7-4-3-5-8-21;3*1-4(6)3-5(2)7;;;/h7-13,15-21H,1-6H3;5-12,14-21H,1-4H3;3-9,11-19H,1-2H3;3*3,6H,1-2H3;;;/q3*-1;;;;;;. The monoisotopic (exact) mass is 2160 g/mol. The van der Waals surface area contributed by atoms with E-state index in [1.54, 1.807) is 0 Å². The van der Waals surface area contributed by atoms with Crippen LogP contribution in [0.4, 0.5) is 0 Å². The Morgan fingerprint density at radius 1 is 0.328 bits per heavy atom. The van der Waals surface area contributed by atoms with Crippen LogP contribution < -0.4 is 0 Å². The van der Waals surface area contributed by atoms with Gasteiger partial charge in [0.25, 0.3) is 0 Å². The molecule has 0 spiro atoms. The molecule has 0 atom stereocenters. The topological polar surface area (TPSA) is 190 Å². The van der Waals surface area contributed by atoms with E-state index in [2.05, 4.69) is 308 Å². The first-order chi connectivity index (χ1) is 56.6. The van der Waals surface area contributed by atoms with Crippen LogP contribution in [0.3, 0.4) is 0 Å². The number of aliphatic hydroxyl groups is 3. The smallest absolute Gasteiger partial charge is 0.217 e. The average molecular weight is 2150 g/mol. The van der Waals surface area contributed by atoms with Crippen LogP contribution in [-0.4, -0.2) is 47.6 Å². The largest absolute Gasteiger partial charge is 0.512 e. The fourth-order valence-electron chi connectivity index (χ4n) is 13.3. The third-order valence-electron chi connectivity index (χ3n) is 19.4. The molecule has 0 unspecified atom stereocenters. The van der Waals surface area contributed by atoms with E-state index in [0.29, 0.717) is 34.9 Å². The molecule has 0 saturated carbocycles. The van der Waals surface area contributed by atoms with Crippen LogP contribution in [-0.2, 0) is 85.5 Å². The number of ketones is 3. The van der Waals surface area contributed by atoms with Crippen LogP contribution in [0.15, 0.2) is 310 Å². The molecule has 0 aliphatic carbocycles. The van der Waals surface area contributed by atoms with Gasteiger partial charge in [-0.25, -0.2) is 0 Å². The summed E-state index contributed by atoms with van der Waals surface area (Å²) in [4.78, 5) is 44.6. The number of hydrogen-bond acceptors (Lipinski definition) is 12. The predicted octanol–water partition coefficient (Wildman–Crippen LogP) is 29.0. The summed E-state index contributed by atoms with van der Waals surface area (Å²) in [5, 5.41) is 28.1. The van der Waals surface area contributed by atoms with Crippen molar-refractivity contribution in [3.8, 4) is 101 Å². The van der Waals surface area contributed by atoms with E-state index in [1.165, 1.54) is 110 Å². The number of carbonyl (C=O) groups is 3. The number of rotatable bonds is 15. The molecule has 0 bridgehead atoms. The molecule has 3 N–H and O–H groups in total. The number of fused-ring (bicyclic) bond motifs is 3. The van der Waals surface area contributed by atoms with Crippen LogP contribution in [0, 0.1) is 18.2 Å². The van der Waals surface area contributed by atoms with E-state index in [4.69, 9.17) is 43.5 Å². The van der Waals surface area contributed by atoms with E-state index in [9.17, 15) is 14.4 Å². The van der Waals surface area contributed by atoms with Gasteiger partial charge < -0.3 is 28.6 Å². The molecule has 122 heavy (non-hydrogen) atoms. The quantitative estimate of drug-likeness (QED) is 0.0501. The second-order valence-corrected chi connectivity index (χ2v) is 32.6. The van der Waals surface area contributed by atoms with Gasteiger partial charge in [-0.1, -0.05) is 259 Å². The number of aliphatic hydroxyl groups excluding tert-OH is 3. The Kier molecular flexibility index (Phi) is 36.0. The van der Waals surface area contributed by atoms with Crippen molar-refractivity contribution >= 4 is 50.6 Å². The Bertz CT molecular complexity index is 5960. The molecule has 6 heterocycles. The molecule has 0 saturated heterocycles. The van der Waals surface area contributed by atoms with Crippen molar-refractivity contribution in [3.63, 3.8) is 0 Å². The molecule has 15 rings (SSSR count). The van der Waals surface area contributed by atoms with Crippen molar-refractivity contribution in [1.82, 2.24) is 15.0 Å². The van der Waals surface area contributed by atoms with Gasteiger partial charge in [0.1, 0.15) is 17.3 Å². The molecule has 6 aromatic heterocycles. The molecular formula is C107H106Ir3N3O9-3. The number of furan rings is 3. The number of hydrogen-bond donors (Lipinski definition) is 3. The van der Waals surface area contributed by atoms with E-state index in [1.807, 2.05) is 54.6 Å². The van der Waals surface area contributed by atoms with Crippen LogP contribution in [0.2, 0.25) is 0 Å². The zero-order chi connectivity index (χ0) is 85.8. The van der Waals surface area contributed by atoms with E-state index in [0.717, 1.165) is 95.0 Å². The summed E-state index contributed by atoms with van der Waals surface area (Å²) in [5.74, 6) is 3.73. The molecule has 633 valence electrons. The van der Waals surface area contributed by atoms with Crippen molar-refractivity contribution in [2.75, 3.05) is 0 Å². The van der Waals surface area contributed by atoms with Crippen LogP contribution in [0.1, 0.15) is 170 Å². The summed E-state index contributed by atoms with van der Waals surface area (Å²) >= 11 is 0. The Labute approximate surface area is 759 Å². The van der Waals surface area contributed by atoms with E-state index < -0.39 is 0 Å². The second kappa shape index (κ2) is 45.0. The third kappa shape index (κ3) is 27.6. The van der Waals surface area contributed by atoms with Gasteiger partial charge in [0.15, 0.2) is 17.3 Å². The van der Waals surface area contributed by atoms with Gasteiger partial charge in [-0.15, -0.1) is 106 Å². The molecular weight excluding hydrogens is 2050 g/mol. The van der Waals surface area contributed by atoms with Crippen molar-refractivity contribution in [2.45, 2.75) is 153 Å². The van der Waals surface area contributed by atoms with Gasteiger partial charge in [-0.05, 0) is 162 Å². The van der Waals surface area contributed by atoms with Gasteiger partial charge in [0.05, 0.1) is 17.3 Å². The first-order valence-corrected chi connectivity index (χ1v) is 40.1. The number of nitrogens with zero attached hydrogens (tertiary/aromatic N) is 3. The number of aromatic nitrogens is 3. The predicted molar refractivity (Wildman–Crippen MR) is 488 cm³/mol. The Morgan fingerprint density at radius 2 is 0.639 bits per heavy atom. The number of carbonyl (C=O) groups excluding carboxylic acids is 3. The summed E-state index contributed by atoms with van der Waals surface area (Å²) in [6.07, 6.45) is 3.50. The zero-order valence-corrected chi connectivity index (χ0v) is 79.6. The van der Waals surface area contributed by atoms with Crippen LogP contribution >= 0.6 is 0 Å². The van der Waals surface area contributed by atoms with Gasteiger partial charge >= 0.3 is 0 Å². The fourth-order valence-corrected chi connectivity index (χ4v) is 13.3. The SMILES string of the molecule is CC(=O)C=C(C)O.CC(=O)C=C(C)O.CC(=O)C=C(C)O.CC(C)(C)c1cc(-c2cc3ccc(-c4[c-]ccc(-c5ccccc5)c4)nc3o2)cc(C(C)(C)C)c1.CC(C)c1ccc(-c2cc3ccc(-c4[c-]ccc(-c5ccccc5)c4)nc3o2)cc1.CC(C)c1cccc(C(C)C)c1-c1cc2ccc(-c3[c-]ccc(-c4ccccc4)c3)nc2o1.[Ir].[Ir].[Ir]. The normalized spacial score (nSPS) is 11.4. The Morgan fingerprint density at radius 3 is 0.926 bits per heavy atom. The van der Waals surface area contributed by atoms with E-state index in [-0.39, 0.29) is 106 Å². The van der Waals surface area contributed by atoms with Gasteiger partial charge in [0, 0.05) is 111 Å². The van der Waals surface area contributed by atoms with Crippen molar-refractivity contribution in [2.24, 2.45) is 0 Å². The van der Waals surface area contributed by atoms with Crippen LogP contribution in [0.5, 0.6) is 0 Å². The summed E-state index contributed by atoms with van der Waals surface area (Å²) in [6, 6.07) is 100. The summed E-state index contributed by atoms with van der Waals surface area (Å²) < 4.78 is 18.8. The zero-order valence-electron chi connectivity index (χ0n) is 72.4. The molecule has 0 amide bonds. The second-order valence-electron chi connectivity index (χ2n) is 32.6. The maximum Gasteiger partial charge on any atom is 0.217 e. The van der Waals surface area contributed by atoms with Crippen molar-refractivity contribution in [3.05, 3.63) is 342 Å². The van der Waals surface area contributed by atoms with Gasteiger partial charge in [-0.3, -0.25) is 29.3 Å². The van der Waals surface area contributed by atoms with E-state index >= 15 is 0 Å². The molecule has 15 aromatic rings. The number of benzene rings is 9. The summed E-state index contributed by atoms with van der Waals surface area (Å²) in [5.41, 5.74) is 24.4. The van der Waals surface area contributed by atoms with Crippen molar-refractivity contribution in [1.29, 1.82) is 0 Å².